The quantitative estimate of drug-likeness (QED) is 0.0268. The summed E-state index contributed by atoms with van der Waals surface area (Å²) in [6, 6.07) is 0. The van der Waals surface area contributed by atoms with Gasteiger partial charge in [-0.25, -0.2) is 4.57 Å². The Morgan fingerprint density at radius 1 is 0.552 bits per heavy atom. The SMILES string of the molecule is CC/C=C\C/C=C\C/C=C\C/C=C\CCCCCCC(=O)OCC(COP(=O)(O)OCCNC)OC(=O)CCCCCCCCCCC/C=C\CCCCCCCC. The molecule has 0 aromatic heterocycles. The topological polar surface area (TPSA) is 120 Å². The largest absolute Gasteiger partial charge is 0.472 e. The van der Waals surface area contributed by atoms with Crippen molar-refractivity contribution >= 4 is 19.8 Å². The van der Waals surface area contributed by atoms with E-state index in [0.29, 0.717) is 19.4 Å². The van der Waals surface area contributed by atoms with Gasteiger partial charge in [0.15, 0.2) is 6.10 Å². The summed E-state index contributed by atoms with van der Waals surface area (Å²) in [7, 11) is -2.66. The molecule has 0 aromatic rings. The van der Waals surface area contributed by atoms with E-state index in [0.717, 1.165) is 70.6 Å². The second-order valence-electron chi connectivity index (χ2n) is 15.2. The first-order valence-corrected chi connectivity index (χ1v) is 24.7. The van der Waals surface area contributed by atoms with E-state index < -0.39 is 32.5 Å². The minimum absolute atomic E-state index is 0.0237. The number of hydrogen-bond donors (Lipinski definition) is 2. The van der Waals surface area contributed by atoms with E-state index in [1.54, 1.807) is 7.05 Å². The molecule has 336 valence electrons. The van der Waals surface area contributed by atoms with Crippen molar-refractivity contribution in [2.24, 2.45) is 0 Å². The molecule has 0 saturated heterocycles. The third kappa shape index (κ3) is 43.3. The van der Waals surface area contributed by atoms with Crippen LogP contribution in [0.1, 0.15) is 194 Å². The maximum atomic E-state index is 12.7. The fourth-order valence-corrected chi connectivity index (χ4v) is 6.88. The first-order chi connectivity index (χ1) is 28.3. The molecule has 0 heterocycles. The monoisotopic (exact) mass is 836 g/mol. The number of nitrogens with one attached hydrogen (secondary N) is 1. The Balaban J connectivity index is 4.22. The summed E-state index contributed by atoms with van der Waals surface area (Å²) in [5, 5.41) is 2.82. The van der Waals surface area contributed by atoms with Gasteiger partial charge in [0.1, 0.15) is 6.61 Å². The van der Waals surface area contributed by atoms with Gasteiger partial charge in [0.25, 0.3) is 0 Å². The Morgan fingerprint density at radius 3 is 1.48 bits per heavy atom. The van der Waals surface area contributed by atoms with Crippen LogP contribution in [0.15, 0.2) is 60.8 Å². The van der Waals surface area contributed by atoms with Crippen molar-refractivity contribution in [1.82, 2.24) is 5.32 Å². The fourth-order valence-electron chi connectivity index (χ4n) is 6.13. The van der Waals surface area contributed by atoms with Gasteiger partial charge in [-0.3, -0.25) is 18.6 Å². The smallest absolute Gasteiger partial charge is 0.462 e. The molecule has 0 spiro atoms. The number of phosphoric acid groups is 1. The zero-order chi connectivity index (χ0) is 42.5. The lowest BCUT2D eigenvalue weighted by Gasteiger charge is -2.20. The van der Waals surface area contributed by atoms with Crippen LogP contribution in [0.5, 0.6) is 0 Å². The zero-order valence-corrected chi connectivity index (χ0v) is 38.1. The number of allylic oxidation sites excluding steroid dienone is 10. The number of esters is 2. The molecule has 0 bridgehead atoms. The molecule has 10 heteroatoms. The lowest BCUT2D eigenvalue weighted by atomic mass is 10.1. The summed E-state index contributed by atoms with van der Waals surface area (Å²) in [6.07, 6.45) is 51.2. The summed E-state index contributed by atoms with van der Waals surface area (Å²) < 4.78 is 33.2. The summed E-state index contributed by atoms with van der Waals surface area (Å²) in [5.74, 6) is -0.837. The zero-order valence-electron chi connectivity index (χ0n) is 37.2. The average Bonchev–Trinajstić information content (AvgIpc) is 3.21. The van der Waals surface area contributed by atoms with Crippen molar-refractivity contribution in [3.05, 3.63) is 60.8 Å². The molecule has 9 nitrogen and oxygen atoms in total. The van der Waals surface area contributed by atoms with Gasteiger partial charge in [-0.1, -0.05) is 164 Å². The molecule has 0 aliphatic rings. The molecule has 0 rings (SSSR count). The third-order valence-corrected chi connectivity index (χ3v) is 10.6. The molecule has 58 heavy (non-hydrogen) atoms. The van der Waals surface area contributed by atoms with E-state index in [2.05, 4.69) is 79.9 Å². The lowest BCUT2D eigenvalue weighted by Crippen LogP contribution is -2.29. The molecule has 0 amide bonds. The van der Waals surface area contributed by atoms with E-state index in [9.17, 15) is 19.0 Å². The first kappa shape index (κ1) is 55.7. The van der Waals surface area contributed by atoms with Gasteiger partial charge in [-0.15, -0.1) is 0 Å². The maximum Gasteiger partial charge on any atom is 0.472 e. The number of hydrogen-bond acceptors (Lipinski definition) is 8. The predicted octanol–water partition coefficient (Wildman–Crippen LogP) is 13.5. The van der Waals surface area contributed by atoms with Crippen LogP contribution >= 0.6 is 7.82 Å². The van der Waals surface area contributed by atoms with Crippen molar-refractivity contribution < 1.29 is 37.6 Å². The van der Waals surface area contributed by atoms with E-state index in [1.165, 1.54) is 83.5 Å². The van der Waals surface area contributed by atoms with Gasteiger partial charge in [0, 0.05) is 19.4 Å². The standard InChI is InChI=1S/C48H86NO8P/c1-4-6-8-10-12-14-16-18-20-22-23-25-27-29-31-33-35-37-39-41-48(51)57-46(45-56-58(52,53)55-43-42-49-3)44-54-47(50)40-38-36-34-32-30-28-26-24-21-19-17-15-13-11-9-7-5-2/h7,9,13,15,18-21,26,28,46,49H,4-6,8,10-12,14,16-17,22-25,27,29-45H2,1-3H3,(H,52,53)/b9-7-,15-13-,20-18-,21-19-,28-26-. The van der Waals surface area contributed by atoms with Crippen LogP contribution in [0.2, 0.25) is 0 Å². The van der Waals surface area contributed by atoms with Gasteiger partial charge in [-0.2, -0.15) is 0 Å². The second kappa shape index (κ2) is 44.3. The highest BCUT2D eigenvalue weighted by molar-refractivity contribution is 7.47. The van der Waals surface area contributed by atoms with Crippen molar-refractivity contribution in [2.45, 2.75) is 200 Å². The lowest BCUT2D eigenvalue weighted by molar-refractivity contribution is -0.161. The molecule has 2 unspecified atom stereocenters. The van der Waals surface area contributed by atoms with Crippen LogP contribution < -0.4 is 5.32 Å². The fraction of sp³-hybridized carbons (Fsp3) is 0.750. The third-order valence-electron chi connectivity index (χ3n) is 9.62. The summed E-state index contributed by atoms with van der Waals surface area (Å²) in [4.78, 5) is 35.1. The molecular formula is C48H86NO8P. The molecule has 0 aliphatic heterocycles. The Kier molecular flexibility index (Phi) is 42.5. The molecule has 0 aliphatic carbocycles. The molecule has 2 atom stereocenters. The molecule has 0 aromatic carbocycles. The van der Waals surface area contributed by atoms with Gasteiger partial charge in [0.2, 0.25) is 0 Å². The van der Waals surface area contributed by atoms with Gasteiger partial charge >= 0.3 is 19.8 Å². The van der Waals surface area contributed by atoms with Crippen molar-refractivity contribution in [2.75, 3.05) is 33.4 Å². The number of rotatable bonds is 43. The Hall–Kier alpha value is -2.29. The summed E-state index contributed by atoms with van der Waals surface area (Å²) in [5.41, 5.74) is 0. The average molecular weight is 836 g/mol. The van der Waals surface area contributed by atoms with Crippen LogP contribution in [0, 0.1) is 0 Å². The minimum atomic E-state index is -4.36. The number of ether oxygens (including phenoxy) is 2. The van der Waals surface area contributed by atoms with Gasteiger partial charge in [0.05, 0.1) is 13.2 Å². The van der Waals surface area contributed by atoms with E-state index in [1.807, 2.05) is 0 Å². The molecule has 0 fully saturated rings. The summed E-state index contributed by atoms with van der Waals surface area (Å²) in [6.45, 7) is 4.08. The second-order valence-corrected chi connectivity index (χ2v) is 16.7. The number of unbranched alkanes of at least 4 members (excludes halogenated alkanes) is 19. The van der Waals surface area contributed by atoms with E-state index >= 15 is 0 Å². The summed E-state index contributed by atoms with van der Waals surface area (Å²) >= 11 is 0. The van der Waals surface area contributed by atoms with Crippen molar-refractivity contribution in [1.29, 1.82) is 0 Å². The number of likely N-dealkylation sites (N-methyl/N-ethyl adjacent to an activating group) is 1. The van der Waals surface area contributed by atoms with Crippen molar-refractivity contribution in [3.8, 4) is 0 Å². The molecule has 0 radical (unpaired) electrons. The van der Waals surface area contributed by atoms with Gasteiger partial charge < -0.3 is 19.7 Å². The van der Waals surface area contributed by atoms with Crippen LogP contribution in [0.25, 0.3) is 0 Å². The highest BCUT2D eigenvalue weighted by atomic mass is 31.2. The minimum Gasteiger partial charge on any atom is -0.462 e. The molecular weight excluding hydrogens is 750 g/mol. The predicted molar refractivity (Wildman–Crippen MR) is 243 cm³/mol. The van der Waals surface area contributed by atoms with Crippen LogP contribution in [0.3, 0.4) is 0 Å². The molecule has 0 saturated carbocycles. The molecule has 2 N–H and O–H groups in total. The van der Waals surface area contributed by atoms with Crippen LogP contribution in [-0.2, 0) is 32.7 Å². The Morgan fingerprint density at radius 2 is 0.983 bits per heavy atom. The highest BCUT2D eigenvalue weighted by Crippen LogP contribution is 2.43. The number of carbonyl (C=O) groups is 2. The highest BCUT2D eigenvalue weighted by Gasteiger charge is 2.26. The van der Waals surface area contributed by atoms with Crippen molar-refractivity contribution in [3.63, 3.8) is 0 Å². The normalized spacial score (nSPS) is 13.8. The van der Waals surface area contributed by atoms with Crippen LogP contribution in [0.4, 0.5) is 0 Å². The van der Waals surface area contributed by atoms with E-state index in [-0.39, 0.29) is 26.1 Å². The first-order valence-electron chi connectivity index (χ1n) is 23.2. The Labute approximate surface area is 355 Å². The number of carbonyl (C=O) groups excluding carboxylic acids is 2. The maximum absolute atomic E-state index is 12.7. The Bertz CT molecular complexity index is 1130. The van der Waals surface area contributed by atoms with E-state index in [4.69, 9.17) is 18.5 Å². The van der Waals surface area contributed by atoms with Gasteiger partial charge in [-0.05, 0) is 84.1 Å². The van der Waals surface area contributed by atoms with Crippen LogP contribution in [-0.4, -0.2) is 56.3 Å². The number of phosphoric ester groups is 1.